The highest BCUT2D eigenvalue weighted by molar-refractivity contribution is 5.84. The molecule has 0 unspecified atom stereocenters. The van der Waals surface area contributed by atoms with E-state index in [1.165, 1.54) is 44.9 Å². The van der Waals surface area contributed by atoms with Gasteiger partial charge in [0, 0.05) is 18.5 Å². The van der Waals surface area contributed by atoms with Gasteiger partial charge < -0.3 is 19.1 Å². The average molecular weight is 668 g/mol. The van der Waals surface area contributed by atoms with Gasteiger partial charge in [-0.2, -0.15) is 0 Å². The predicted molar refractivity (Wildman–Crippen MR) is 185 cm³/mol. The Kier molecular flexibility index (Phi) is 8.29. The molecule has 0 N–H and O–H groups in total. The highest BCUT2D eigenvalue weighted by Gasteiger charge is 2.73. The number of carbonyl (C=O) groups is 3. The van der Waals surface area contributed by atoms with Crippen molar-refractivity contribution >= 4 is 18.3 Å². The van der Waals surface area contributed by atoms with Gasteiger partial charge >= 0.3 is 5.97 Å². The number of ether oxygens (including phenoxy) is 3. The number of carbonyl (C=O) groups excluding carboxylic acids is 3. The second kappa shape index (κ2) is 11.4. The fourth-order valence-electron chi connectivity index (χ4n) is 14.3. The SMILES string of the molecule is CC(C)(CC(=O)O[C@H]1CC[C@]2(C)[C@H]3CC[C@@H]4[C@H]5[C@H](C6(C)CC6)CC[C@]5(C(=O)N5CCOCC5)CC[C@@]4(C)[C@]3(C)CC[C@H]2C1(C)C)OC=O. The standard InChI is InChI=1S/C41H65NO6/c1-35(2,47-26-43)25-32(44)48-31-13-14-38(6)29(36(31,3)4)12-15-40(8)30(38)10-9-28-33-27(37(5)17-18-37)11-16-41(33,20-19-39(28,40)7)34(45)42-21-23-46-24-22-42/h26-31,33H,9-25H2,1-8H3/t27-,28-,29+,30-,31+,33-,38+,39-,40-,41+/m1/s1. The first-order chi connectivity index (χ1) is 22.5. The molecule has 10 atom stereocenters. The minimum atomic E-state index is -0.869. The zero-order valence-corrected chi connectivity index (χ0v) is 31.5. The summed E-state index contributed by atoms with van der Waals surface area (Å²) in [6.45, 7) is 22.0. The maximum Gasteiger partial charge on any atom is 0.310 e. The van der Waals surface area contributed by atoms with Crippen LogP contribution in [0.25, 0.3) is 0 Å². The molecule has 7 aliphatic rings. The van der Waals surface area contributed by atoms with E-state index in [0.717, 1.165) is 45.2 Å². The van der Waals surface area contributed by atoms with Crippen molar-refractivity contribution in [2.24, 2.45) is 62.1 Å². The van der Waals surface area contributed by atoms with Crippen LogP contribution in [-0.4, -0.2) is 61.3 Å². The van der Waals surface area contributed by atoms with E-state index < -0.39 is 5.60 Å². The lowest BCUT2D eigenvalue weighted by atomic mass is 9.32. The van der Waals surface area contributed by atoms with Crippen molar-refractivity contribution in [3.63, 3.8) is 0 Å². The van der Waals surface area contributed by atoms with Crippen LogP contribution >= 0.6 is 0 Å². The van der Waals surface area contributed by atoms with Gasteiger partial charge in [-0.15, -0.1) is 0 Å². The molecule has 1 amide bonds. The van der Waals surface area contributed by atoms with Crippen LogP contribution in [0.2, 0.25) is 0 Å². The number of nitrogens with zero attached hydrogens (tertiary/aromatic N) is 1. The Labute approximate surface area is 290 Å². The molecule has 7 rings (SSSR count). The Balaban J connectivity index is 1.16. The molecule has 7 fully saturated rings. The summed E-state index contributed by atoms with van der Waals surface area (Å²) in [6, 6.07) is 0. The maximum absolute atomic E-state index is 14.7. The smallest absolute Gasteiger partial charge is 0.310 e. The first kappa shape index (κ1) is 34.8. The number of hydrogen-bond donors (Lipinski definition) is 0. The highest BCUT2D eigenvalue weighted by Crippen LogP contribution is 2.79. The van der Waals surface area contributed by atoms with E-state index in [9.17, 15) is 14.4 Å². The highest BCUT2D eigenvalue weighted by atomic mass is 16.6. The quantitative estimate of drug-likeness (QED) is 0.202. The molecule has 7 nitrogen and oxygen atoms in total. The monoisotopic (exact) mass is 667 g/mol. The molecule has 6 aliphatic carbocycles. The zero-order chi connectivity index (χ0) is 34.5. The first-order valence-corrected chi connectivity index (χ1v) is 19.7. The van der Waals surface area contributed by atoms with E-state index >= 15 is 0 Å². The van der Waals surface area contributed by atoms with Crippen molar-refractivity contribution in [2.75, 3.05) is 26.3 Å². The lowest BCUT2D eigenvalue weighted by molar-refractivity contribution is -0.252. The summed E-state index contributed by atoms with van der Waals surface area (Å²) >= 11 is 0. The largest absolute Gasteiger partial charge is 0.462 e. The summed E-state index contributed by atoms with van der Waals surface area (Å²) in [6.07, 6.45) is 14.0. The van der Waals surface area contributed by atoms with Crippen LogP contribution in [0, 0.1) is 62.1 Å². The number of hydrogen-bond acceptors (Lipinski definition) is 6. The second-order valence-electron chi connectivity index (χ2n) is 20.0. The van der Waals surface area contributed by atoms with E-state index in [1.54, 1.807) is 13.8 Å². The van der Waals surface area contributed by atoms with Crippen molar-refractivity contribution in [2.45, 2.75) is 151 Å². The van der Waals surface area contributed by atoms with Crippen molar-refractivity contribution in [3.8, 4) is 0 Å². The van der Waals surface area contributed by atoms with E-state index in [-0.39, 0.29) is 45.6 Å². The minimum absolute atomic E-state index is 0.0669. The Bertz CT molecular complexity index is 1300. The number of esters is 1. The van der Waals surface area contributed by atoms with Crippen molar-refractivity contribution in [1.29, 1.82) is 0 Å². The van der Waals surface area contributed by atoms with Gasteiger partial charge in [-0.25, -0.2) is 0 Å². The molecule has 0 aromatic heterocycles. The number of rotatable bonds is 7. The predicted octanol–water partition coefficient (Wildman–Crippen LogP) is 7.98. The van der Waals surface area contributed by atoms with Crippen LogP contribution in [0.5, 0.6) is 0 Å². The molecular formula is C41H65NO6. The summed E-state index contributed by atoms with van der Waals surface area (Å²) in [7, 11) is 0. The molecule has 1 aliphatic heterocycles. The topological polar surface area (TPSA) is 82.1 Å². The van der Waals surface area contributed by atoms with Gasteiger partial charge in [-0.3, -0.25) is 14.4 Å². The van der Waals surface area contributed by atoms with Gasteiger partial charge in [0.2, 0.25) is 5.91 Å². The van der Waals surface area contributed by atoms with Crippen LogP contribution < -0.4 is 0 Å². The molecule has 0 radical (unpaired) electrons. The maximum atomic E-state index is 14.7. The molecule has 48 heavy (non-hydrogen) atoms. The van der Waals surface area contributed by atoms with Crippen LogP contribution in [0.3, 0.4) is 0 Å². The van der Waals surface area contributed by atoms with E-state index in [1.807, 2.05) is 0 Å². The molecular weight excluding hydrogens is 602 g/mol. The van der Waals surface area contributed by atoms with Crippen molar-refractivity contribution in [1.82, 2.24) is 4.90 Å². The number of morpholine rings is 1. The van der Waals surface area contributed by atoms with Crippen LogP contribution in [0.4, 0.5) is 0 Å². The van der Waals surface area contributed by atoms with Gasteiger partial charge in [0.15, 0.2) is 0 Å². The summed E-state index contributed by atoms with van der Waals surface area (Å²) in [5, 5.41) is 0. The van der Waals surface area contributed by atoms with Crippen LogP contribution in [-0.2, 0) is 28.6 Å². The molecule has 0 bridgehead atoms. The molecule has 1 heterocycles. The zero-order valence-electron chi connectivity index (χ0n) is 31.5. The molecule has 0 spiro atoms. The van der Waals surface area contributed by atoms with Gasteiger partial charge in [0.1, 0.15) is 11.7 Å². The Morgan fingerprint density at radius 1 is 0.792 bits per heavy atom. The lowest BCUT2D eigenvalue weighted by Crippen LogP contribution is -2.68. The van der Waals surface area contributed by atoms with Crippen molar-refractivity contribution < 1.29 is 28.6 Å². The van der Waals surface area contributed by atoms with Gasteiger partial charge in [-0.1, -0.05) is 41.5 Å². The minimum Gasteiger partial charge on any atom is -0.462 e. The number of fused-ring (bicyclic) bond motifs is 7. The van der Waals surface area contributed by atoms with Gasteiger partial charge in [-0.05, 0) is 142 Å². The Morgan fingerprint density at radius 3 is 2.17 bits per heavy atom. The van der Waals surface area contributed by atoms with Gasteiger partial charge in [0.25, 0.3) is 6.47 Å². The Hall–Kier alpha value is -1.63. The Morgan fingerprint density at radius 2 is 1.50 bits per heavy atom. The first-order valence-electron chi connectivity index (χ1n) is 19.7. The third kappa shape index (κ3) is 4.99. The third-order valence-electron chi connectivity index (χ3n) is 17.2. The molecule has 0 aromatic carbocycles. The molecule has 1 saturated heterocycles. The average Bonchev–Trinajstić information content (AvgIpc) is 3.63. The van der Waals surface area contributed by atoms with Crippen LogP contribution in [0.15, 0.2) is 0 Å². The fourth-order valence-corrected chi connectivity index (χ4v) is 14.3. The summed E-state index contributed by atoms with van der Waals surface area (Å²) in [5.74, 6) is 3.08. The summed E-state index contributed by atoms with van der Waals surface area (Å²) in [4.78, 5) is 41.0. The van der Waals surface area contributed by atoms with Gasteiger partial charge in [0.05, 0.1) is 25.0 Å². The molecule has 0 aromatic rings. The molecule has 6 saturated carbocycles. The number of amides is 1. The van der Waals surface area contributed by atoms with E-state index in [4.69, 9.17) is 14.2 Å². The molecule has 270 valence electrons. The van der Waals surface area contributed by atoms with E-state index in [0.29, 0.717) is 60.6 Å². The van der Waals surface area contributed by atoms with Crippen LogP contribution in [0.1, 0.15) is 139 Å². The summed E-state index contributed by atoms with van der Waals surface area (Å²) in [5.41, 5.74) is -0.142. The normalized spacial score (nSPS) is 45.9. The van der Waals surface area contributed by atoms with E-state index in [2.05, 4.69) is 46.4 Å². The second-order valence-corrected chi connectivity index (χ2v) is 20.0. The van der Waals surface area contributed by atoms with Crippen molar-refractivity contribution in [3.05, 3.63) is 0 Å². The lowest BCUT2D eigenvalue weighted by Gasteiger charge is -2.73. The summed E-state index contributed by atoms with van der Waals surface area (Å²) < 4.78 is 17.1. The third-order valence-corrected chi connectivity index (χ3v) is 17.2. The fraction of sp³-hybridized carbons (Fsp3) is 0.927. The molecule has 7 heteroatoms.